The van der Waals surface area contributed by atoms with E-state index < -0.39 is 32.2 Å². The first-order chi connectivity index (χ1) is 10.8. The van der Waals surface area contributed by atoms with Crippen molar-refractivity contribution in [3.05, 3.63) is 72.8 Å². The third-order valence-electron chi connectivity index (χ3n) is 3.00. The van der Waals surface area contributed by atoms with Crippen LogP contribution in [-0.4, -0.2) is 15.8 Å². The average Bonchev–Trinajstić information content (AvgIpc) is 2.49. The van der Waals surface area contributed by atoms with E-state index in [4.69, 9.17) is 11.6 Å². The lowest BCUT2D eigenvalue weighted by Gasteiger charge is -2.06. The molecular formula is C14H10ClN3O5. The summed E-state index contributed by atoms with van der Waals surface area (Å²) in [6, 6.07) is 8.63. The van der Waals surface area contributed by atoms with Crippen LogP contribution < -0.4 is 5.32 Å². The van der Waals surface area contributed by atoms with Crippen molar-refractivity contribution in [2.75, 3.05) is 5.32 Å². The molecule has 0 aliphatic rings. The number of benzene rings is 2. The summed E-state index contributed by atoms with van der Waals surface area (Å²) < 4.78 is 0. The zero-order chi connectivity index (χ0) is 17.1. The van der Waals surface area contributed by atoms with Crippen molar-refractivity contribution >= 4 is 34.6 Å². The number of halogens is 1. The van der Waals surface area contributed by atoms with Crippen molar-refractivity contribution in [2.45, 2.75) is 6.92 Å². The number of rotatable bonds is 4. The summed E-state index contributed by atoms with van der Waals surface area (Å²) >= 11 is 5.64. The van der Waals surface area contributed by atoms with E-state index in [9.17, 15) is 25.0 Å². The first-order valence-corrected chi connectivity index (χ1v) is 6.67. The molecule has 0 radical (unpaired) electrons. The van der Waals surface area contributed by atoms with Crippen LogP contribution in [0.1, 0.15) is 15.9 Å². The van der Waals surface area contributed by atoms with Crippen molar-refractivity contribution in [1.29, 1.82) is 0 Å². The second kappa shape index (κ2) is 6.41. The molecule has 0 aliphatic heterocycles. The molecule has 2 rings (SSSR count). The molecule has 0 aromatic heterocycles. The molecule has 2 aromatic rings. The van der Waals surface area contributed by atoms with Crippen LogP contribution in [0.3, 0.4) is 0 Å². The molecule has 0 atom stereocenters. The van der Waals surface area contributed by atoms with Crippen LogP contribution in [0.15, 0.2) is 36.4 Å². The van der Waals surface area contributed by atoms with Crippen LogP contribution in [0.25, 0.3) is 0 Å². The van der Waals surface area contributed by atoms with Gasteiger partial charge in [-0.3, -0.25) is 25.0 Å². The fourth-order valence-corrected chi connectivity index (χ4v) is 2.08. The third-order valence-corrected chi connectivity index (χ3v) is 3.39. The Morgan fingerprint density at radius 1 is 1.04 bits per heavy atom. The van der Waals surface area contributed by atoms with Crippen molar-refractivity contribution in [1.82, 2.24) is 0 Å². The van der Waals surface area contributed by atoms with Gasteiger partial charge in [-0.1, -0.05) is 29.3 Å². The van der Waals surface area contributed by atoms with E-state index in [0.717, 1.165) is 17.7 Å². The van der Waals surface area contributed by atoms with Gasteiger partial charge in [0.2, 0.25) is 0 Å². The molecule has 118 valence electrons. The number of nitrogens with zero attached hydrogens (tertiary/aromatic N) is 2. The smallest absolute Gasteiger partial charge is 0.295 e. The van der Waals surface area contributed by atoms with Gasteiger partial charge in [-0.2, -0.15) is 0 Å². The fraction of sp³-hybridized carbons (Fsp3) is 0.0714. The Hall–Kier alpha value is -3.00. The predicted molar refractivity (Wildman–Crippen MR) is 83.9 cm³/mol. The number of anilines is 1. The van der Waals surface area contributed by atoms with Crippen LogP contribution in [0.4, 0.5) is 17.1 Å². The maximum Gasteiger partial charge on any atom is 0.295 e. The van der Waals surface area contributed by atoms with Gasteiger partial charge in [0.25, 0.3) is 17.3 Å². The normalized spacial score (nSPS) is 10.2. The van der Waals surface area contributed by atoms with Gasteiger partial charge in [0.05, 0.1) is 15.4 Å². The van der Waals surface area contributed by atoms with Gasteiger partial charge in [0, 0.05) is 17.8 Å². The Morgan fingerprint density at radius 2 is 1.52 bits per heavy atom. The summed E-state index contributed by atoms with van der Waals surface area (Å²) in [6.45, 7) is 1.87. The Kier molecular flexibility index (Phi) is 4.56. The highest BCUT2D eigenvalue weighted by Crippen LogP contribution is 2.35. The van der Waals surface area contributed by atoms with E-state index in [-0.39, 0.29) is 5.56 Å². The monoisotopic (exact) mass is 335 g/mol. The van der Waals surface area contributed by atoms with Crippen LogP contribution in [-0.2, 0) is 0 Å². The minimum Gasteiger partial charge on any atom is -0.322 e. The first kappa shape index (κ1) is 16.4. The number of carbonyl (C=O) groups excluding carboxylic acids is 1. The first-order valence-electron chi connectivity index (χ1n) is 6.30. The van der Waals surface area contributed by atoms with E-state index in [0.29, 0.717) is 5.69 Å². The standard InChI is InChI=1S/C14H10ClN3O5/c1-8-2-4-10(5-3-8)16-14(19)9-6-11(17(20)21)13(15)12(7-9)18(22)23/h2-7H,1H3,(H,16,19). The highest BCUT2D eigenvalue weighted by Gasteiger charge is 2.27. The van der Waals surface area contributed by atoms with Crippen molar-refractivity contribution < 1.29 is 14.6 Å². The number of carbonyl (C=O) groups is 1. The van der Waals surface area contributed by atoms with Crippen LogP contribution in [0.2, 0.25) is 5.02 Å². The van der Waals surface area contributed by atoms with Crippen LogP contribution >= 0.6 is 11.6 Å². The zero-order valence-corrected chi connectivity index (χ0v) is 12.5. The zero-order valence-electron chi connectivity index (χ0n) is 11.8. The van der Waals surface area contributed by atoms with Gasteiger partial charge >= 0.3 is 0 Å². The number of hydrogen-bond donors (Lipinski definition) is 1. The molecule has 2 aromatic carbocycles. The molecule has 0 spiro atoms. The van der Waals surface area contributed by atoms with E-state index in [1.54, 1.807) is 24.3 Å². The Bertz CT molecular complexity index is 770. The molecule has 8 nitrogen and oxygen atoms in total. The van der Waals surface area contributed by atoms with Gasteiger partial charge in [-0.05, 0) is 19.1 Å². The number of hydrogen-bond acceptors (Lipinski definition) is 5. The lowest BCUT2D eigenvalue weighted by atomic mass is 10.1. The summed E-state index contributed by atoms with van der Waals surface area (Å²) in [5.41, 5.74) is -0.181. The number of aryl methyl sites for hydroxylation is 1. The van der Waals surface area contributed by atoms with Crippen molar-refractivity contribution in [2.24, 2.45) is 0 Å². The Morgan fingerprint density at radius 3 is 1.96 bits per heavy atom. The second-order valence-corrected chi connectivity index (χ2v) is 5.04. The van der Waals surface area contributed by atoms with Crippen molar-refractivity contribution in [3.8, 4) is 0 Å². The molecule has 1 N–H and O–H groups in total. The van der Waals surface area contributed by atoms with E-state index in [1.165, 1.54) is 0 Å². The highest BCUT2D eigenvalue weighted by molar-refractivity contribution is 6.35. The maximum absolute atomic E-state index is 12.2. The summed E-state index contributed by atoms with van der Waals surface area (Å²) in [5.74, 6) is -0.711. The predicted octanol–water partition coefficient (Wildman–Crippen LogP) is 3.72. The van der Waals surface area contributed by atoms with E-state index in [1.807, 2.05) is 6.92 Å². The molecule has 1 amide bonds. The maximum atomic E-state index is 12.2. The Balaban J connectivity index is 2.41. The van der Waals surface area contributed by atoms with Crippen molar-refractivity contribution in [3.63, 3.8) is 0 Å². The fourth-order valence-electron chi connectivity index (χ4n) is 1.83. The number of nitro groups is 2. The second-order valence-electron chi connectivity index (χ2n) is 4.66. The molecular weight excluding hydrogens is 326 g/mol. The SMILES string of the molecule is Cc1ccc(NC(=O)c2cc([N+](=O)[O-])c(Cl)c([N+](=O)[O-])c2)cc1. The molecule has 9 heteroatoms. The summed E-state index contributed by atoms with van der Waals surface area (Å²) in [7, 11) is 0. The van der Waals surface area contributed by atoms with Gasteiger partial charge in [-0.25, -0.2) is 0 Å². The average molecular weight is 336 g/mol. The number of amides is 1. The third kappa shape index (κ3) is 3.61. The van der Waals surface area contributed by atoms with E-state index >= 15 is 0 Å². The van der Waals surface area contributed by atoms with Gasteiger partial charge in [0.1, 0.15) is 0 Å². The summed E-state index contributed by atoms with van der Waals surface area (Å²) in [6.07, 6.45) is 0. The quantitative estimate of drug-likeness (QED) is 0.675. The molecule has 0 bridgehead atoms. The highest BCUT2D eigenvalue weighted by atomic mass is 35.5. The topological polar surface area (TPSA) is 115 Å². The molecule has 0 saturated carbocycles. The molecule has 0 fully saturated rings. The Labute approximate surface area is 135 Å². The summed E-state index contributed by atoms with van der Waals surface area (Å²) in [5, 5.41) is 23.8. The van der Waals surface area contributed by atoms with Gasteiger partial charge in [0.15, 0.2) is 5.02 Å². The molecule has 0 aliphatic carbocycles. The van der Waals surface area contributed by atoms with Crippen LogP contribution in [0.5, 0.6) is 0 Å². The largest absolute Gasteiger partial charge is 0.322 e. The van der Waals surface area contributed by atoms with Gasteiger partial charge < -0.3 is 5.32 Å². The van der Waals surface area contributed by atoms with Crippen LogP contribution in [0, 0.1) is 27.2 Å². The summed E-state index contributed by atoms with van der Waals surface area (Å²) in [4.78, 5) is 32.3. The minimum atomic E-state index is -0.877. The molecule has 0 unspecified atom stereocenters. The lowest BCUT2D eigenvalue weighted by molar-refractivity contribution is -0.393. The number of nitro benzene ring substituents is 2. The lowest BCUT2D eigenvalue weighted by Crippen LogP contribution is -2.13. The van der Waals surface area contributed by atoms with E-state index in [2.05, 4.69) is 5.32 Å². The molecule has 0 saturated heterocycles. The van der Waals surface area contributed by atoms with Gasteiger partial charge in [-0.15, -0.1) is 0 Å². The minimum absolute atomic E-state index is 0.228. The molecule has 23 heavy (non-hydrogen) atoms. The molecule has 0 heterocycles. The number of nitrogens with one attached hydrogen (secondary N) is 1.